The first-order chi connectivity index (χ1) is 12.7. The molecule has 0 aliphatic heterocycles. The molecule has 134 valence electrons. The van der Waals surface area contributed by atoms with Crippen LogP contribution < -0.4 is 9.46 Å². The fourth-order valence-corrected chi connectivity index (χ4v) is 3.63. The van der Waals surface area contributed by atoms with E-state index >= 15 is 0 Å². The van der Waals surface area contributed by atoms with Crippen molar-refractivity contribution in [1.82, 2.24) is 4.57 Å². The number of nitrogens with zero attached hydrogens (tertiary/aromatic N) is 2. The molecule has 0 radical (unpaired) electrons. The molecule has 0 saturated heterocycles. The molecule has 4 nitrogen and oxygen atoms in total. The fourth-order valence-electron chi connectivity index (χ4n) is 3.18. The summed E-state index contributed by atoms with van der Waals surface area (Å²) >= 11 is 1.67. The molecule has 0 saturated carbocycles. The second-order valence-corrected chi connectivity index (χ2v) is 7.05. The highest BCUT2D eigenvalue weighted by Gasteiger charge is 2.18. The van der Waals surface area contributed by atoms with E-state index in [2.05, 4.69) is 53.5 Å². The molecule has 1 heterocycles. The van der Waals surface area contributed by atoms with Gasteiger partial charge in [0, 0.05) is 23.4 Å². The molecule has 0 fully saturated rings. The Morgan fingerprint density at radius 2 is 1.92 bits per heavy atom. The molecule has 0 aliphatic carbocycles. The molecule has 1 aromatic heterocycles. The maximum absolute atomic E-state index is 9.87. The molecule has 0 spiro atoms. The van der Waals surface area contributed by atoms with Crippen LogP contribution in [-0.4, -0.2) is 17.4 Å². The van der Waals surface area contributed by atoms with Crippen LogP contribution in [-0.2, 0) is 6.54 Å². The van der Waals surface area contributed by atoms with Crippen molar-refractivity contribution >= 4 is 28.5 Å². The van der Waals surface area contributed by atoms with Crippen LogP contribution in [0.15, 0.2) is 42.5 Å². The Labute approximate surface area is 158 Å². The third-order valence-electron chi connectivity index (χ3n) is 4.32. The zero-order valence-electron chi connectivity index (χ0n) is 15.4. The lowest BCUT2D eigenvalue weighted by atomic mass is 10.1. The Morgan fingerprint density at radius 1 is 1.15 bits per heavy atom. The van der Waals surface area contributed by atoms with Crippen molar-refractivity contribution < 1.29 is 4.74 Å². The van der Waals surface area contributed by atoms with E-state index in [1.165, 1.54) is 0 Å². The van der Waals surface area contributed by atoms with Crippen LogP contribution in [0.3, 0.4) is 0 Å². The van der Waals surface area contributed by atoms with Gasteiger partial charge in [0.05, 0.1) is 23.9 Å². The maximum Gasteiger partial charge on any atom is 0.119 e. The number of fused-ring (bicyclic) bond motifs is 1. The van der Waals surface area contributed by atoms with E-state index in [0.29, 0.717) is 5.56 Å². The van der Waals surface area contributed by atoms with Gasteiger partial charge in [0.2, 0.25) is 0 Å². The molecule has 0 bridgehead atoms. The SMILES string of the molecule is CCCn1c(-c2ccc(NSCC)cc2)c(C#N)c2cc(OC)ccc21. The molecular weight excluding hydrogens is 342 g/mol. The molecule has 5 heteroatoms. The van der Waals surface area contributed by atoms with Gasteiger partial charge < -0.3 is 14.0 Å². The van der Waals surface area contributed by atoms with E-state index in [1.807, 2.05) is 18.2 Å². The third kappa shape index (κ3) is 3.38. The van der Waals surface area contributed by atoms with Gasteiger partial charge in [-0.25, -0.2) is 0 Å². The summed E-state index contributed by atoms with van der Waals surface area (Å²) in [4.78, 5) is 0. The number of rotatable bonds is 7. The van der Waals surface area contributed by atoms with Crippen LogP contribution in [0.25, 0.3) is 22.2 Å². The highest BCUT2D eigenvalue weighted by atomic mass is 32.2. The largest absolute Gasteiger partial charge is 0.497 e. The smallest absolute Gasteiger partial charge is 0.119 e. The molecule has 1 N–H and O–H groups in total. The highest BCUT2D eigenvalue weighted by molar-refractivity contribution is 8.00. The minimum atomic E-state index is 0.705. The lowest BCUT2D eigenvalue weighted by molar-refractivity contribution is 0.415. The molecule has 0 aliphatic rings. The second-order valence-electron chi connectivity index (χ2n) is 5.98. The summed E-state index contributed by atoms with van der Waals surface area (Å²) in [7, 11) is 1.65. The number of nitrogens with one attached hydrogen (secondary N) is 1. The van der Waals surface area contributed by atoms with E-state index in [-0.39, 0.29) is 0 Å². The first-order valence-corrected chi connectivity index (χ1v) is 9.80. The monoisotopic (exact) mass is 365 g/mol. The van der Waals surface area contributed by atoms with Gasteiger partial charge in [0.25, 0.3) is 0 Å². The first-order valence-electron chi connectivity index (χ1n) is 8.82. The molecule has 3 rings (SSSR count). The van der Waals surface area contributed by atoms with E-state index < -0.39 is 0 Å². The minimum absolute atomic E-state index is 0.705. The number of hydrogen-bond donors (Lipinski definition) is 1. The molecular formula is C21H23N3OS. The third-order valence-corrected chi connectivity index (χ3v) is 4.99. The fraction of sp³-hybridized carbons (Fsp3) is 0.286. The van der Waals surface area contributed by atoms with E-state index in [4.69, 9.17) is 4.74 Å². The van der Waals surface area contributed by atoms with E-state index in [0.717, 1.165) is 52.3 Å². The van der Waals surface area contributed by atoms with Crippen LogP contribution in [0.1, 0.15) is 25.8 Å². The van der Waals surface area contributed by atoms with Gasteiger partial charge in [-0.3, -0.25) is 0 Å². The Kier molecular flexibility index (Phi) is 5.75. The number of hydrogen-bond acceptors (Lipinski definition) is 4. The quantitative estimate of drug-likeness (QED) is 0.547. The number of benzene rings is 2. The van der Waals surface area contributed by atoms with E-state index in [9.17, 15) is 5.26 Å². The van der Waals surface area contributed by atoms with Crippen molar-refractivity contribution in [2.75, 3.05) is 17.6 Å². The number of aromatic nitrogens is 1. The first kappa shape index (κ1) is 18.2. The van der Waals surface area contributed by atoms with Crippen LogP contribution in [0, 0.1) is 11.3 Å². The predicted molar refractivity (Wildman–Crippen MR) is 111 cm³/mol. The number of anilines is 1. The van der Waals surface area contributed by atoms with Crippen molar-refractivity contribution in [3.05, 3.63) is 48.0 Å². The van der Waals surface area contributed by atoms with Gasteiger partial charge in [0.15, 0.2) is 0 Å². The standard InChI is InChI=1S/C21H23N3OS/c1-4-12-24-20-11-10-17(25-3)13-18(20)19(14-22)21(24)15-6-8-16(9-7-15)23-26-5-2/h6-11,13,23H,4-5,12H2,1-3H3. The Hall–Kier alpha value is -2.58. The van der Waals surface area contributed by atoms with Crippen molar-refractivity contribution in [2.24, 2.45) is 0 Å². The van der Waals surface area contributed by atoms with Crippen LogP contribution >= 0.6 is 11.9 Å². The summed E-state index contributed by atoms with van der Waals surface area (Å²) in [6, 6.07) is 16.7. The van der Waals surface area contributed by atoms with Gasteiger partial charge >= 0.3 is 0 Å². The summed E-state index contributed by atoms with van der Waals surface area (Å²) in [5, 5.41) is 10.8. The zero-order chi connectivity index (χ0) is 18.5. The molecule has 3 aromatic rings. The lowest BCUT2D eigenvalue weighted by Gasteiger charge is -2.11. The van der Waals surface area contributed by atoms with Gasteiger partial charge in [-0.1, -0.05) is 37.9 Å². The highest BCUT2D eigenvalue weighted by Crippen LogP contribution is 2.36. The maximum atomic E-state index is 9.87. The number of nitriles is 1. The summed E-state index contributed by atoms with van der Waals surface area (Å²) in [5.41, 5.74) is 4.88. The lowest BCUT2D eigenvalue weighted by Crippen LogP contribution is -2.00. The Morgan fingerprint density at radius 3 is 2.54 bits per heavy atom. The number of ether oxygens (including phenoxy) is 1. The molecule has 0 atom stereocenters. The average Bonchev–Trinajstić information content (AvgIpc) is 2.99. The predicted octanol–water partition coefficient (Wildman–Crippen LogP) is 5.68. The summed E-state index contributed by atoms with van der Waals surface area (Å²) in [6.07, 6.45) is 1.00. The van der Waals surface area contributed by atoms with Gasteiger partial charge in [-0.2, -0.15) is 5.26 Å². The van der Waals surface area contributed by atoms with Crippen molar-refractivity contribution in [1.29, 1.82) is 5.26 Å². The molecule has 26 heavy (non-hydrogen) atoms. The van der Waals surface area contributed by atoms with Crippen LogP contribution in [0.4, 0.5) is 5.69 Å². The van der Waals surface area contributed by atoms with E-state index in [1.54, 1.807) is 19.1 Å². The summed E-state index contributed by atoms with van der Waals surface area (Å²) < 4.78 is 10.9. The van der Waals surface area contributed by atoms with Gasteiger partial charge in [-0.15, -0.1) is 0 Å². The minimum Gasteiger partial charge on any atom is -0.497 e. The van der Waals surface area contributed by atoms with Crippen LogP contribution in [0.5, 0.6) is 5.75 Å². The van der Waals surface area contributed by atoms with Crippen molar-refractivity contribution in [3.63, 3.8) is 0 Å². The Balaban J connectivity index is 2.17. The normalized spacial score (nSPS) is 10.7. The molecule has 0 unspecified atom stereocenters. The van der Waals surface area contributed by atoms with Gasteiger partial charge in [-0.05, 0) is 42.3 Å². The van der Waals surface area contributed by atoms with Crippen molar-refractivity contribution in [3.8, 4) is 23.1 Å². The molecule has 2 aromatic carbocycles. The second kappa shape index (κ2) is 8.20. The van der Waals surface area contributed by atoms with Crippen molar-refractivity contribution in [2.45, 2.75) is 26.8 Å². The summed E-state index contributed by atoms with van der Waals surface area (Å²) in [6.45, 7) is 5.13. The zero-order valence-corrected chi connectivity index (χ0v) is 16.2. The number of aryl methyl sites for hydroxylation is 1. The molecule has 0 amide bonds. The Bertz CT molecular complexity index is 939. The average molecular weight is 366 g/mol. The van der Waals surface area contributed by atoms with Crippen LogP contribution in [0.2, 0.25) is 0 Å². The number of methoxy groups -OCH3 is 1. The van der Waals surface area contributed by atoms with Gasteiger partial charge in [0.1, 0.15) is 11.8 Å². The summed E-state index contributed by atoms with van der Waals surface area (Å²) in [5.74, 6) is 1.78. The topological polar surface area (TPSA) is 50.0 Å².